The van der Waals surface area contributed by atoms with Crippen LogP contribution in [0.25, 0.3) is 0 Å². The molecule has 4 atom stereocenters. The first-order chi connectivity index (χ1) is 13.2. The molecular formula is C19H22O8S. The van der Waals surface area contributed by atoms with Gasteiger partial charge in [-0.3, -0.25) is 19.2 Å². The number of esters is 3. The van der Waals surface area contributed by atoms with Gasteiger partial charge in [0, 0.05) is 26.5 Å². The summed E-state index contributed by atoms with van der Waals surface area (Å²) >= 11 is 1.23. The van der Waals surface area contributed by atoms with E-state index in [9.17, 15) is 19.2 Å². The molecule has 9 heteroatoms. The summed E-state index contributed by atoms with van der Waals surface area (Å²) in [7, 11) is 0. The summed E-state index contributed by atoms with van der Waals surface area (Å²) in [6, 6.07) is 6.67. The van der Waals surface area contributed by atoms with E-state index in [1.807, 2.05) is 0 Å². The smallest absolute Gasteiger partial charge is 0.303 e. The molecule has 1 aromatic rings. The van der Waals surface area contributed by atoms with E-state index in [0.717, 1.165) is 0 Å². The number of rotatable bonds is 6. The number of carbonyl (C=O) groups excluding carboxylic acids is 4. The number of Topliss-reactive ketones (excluding diaryl/α,β-unsaturated/α-hetero) is 1. The Morgan fingerprint density at radius 3 is 2.00 bits per heavy atom. The SMILES string of the molecule is CC(=O)O[C@@H]1[C@@H](OC(C)=O)[C@H](OC(C)=O)CS[C@H]1Oc1ccccc1C(C)=O. The van der Waals surface area contributed by atoms with Crippen molar-refractivity contribution < 1.29 is 38.1 Å². The van der Waals surface area contributed by atoms with Gasteiger partial charge in [-0.05, 0) is 19.1 Å². The fraction of sp³-hybridized carbons (Fsp3) is 0.474. The Labute approximate surface area is 166 Å². The topological polar surface area (TPSA) is 105 Å². The van der Waals surface area contributed by atoms with Crippen LogP contribution in [-0.4, -0.2) is 53.2 Å². The summed E-state index contributed by atoms with van der Waals surface area (Å²) < 4.78 is 21.9. The van der Waals surface area contributed by atoms with Gasteiger partial charge >= 0.3 is 17.9 Å². The highest BCUT2D eigenvalue weighted by Gasteiger charge is 2.47. The third-order valence-corrected chi connectivity index (χ3v) is 5.03. The number of ketones is 1. The molecule has 1 aliphatic rings. The third-order valence-electron chi connectivity index (χ3n) is 3.81. The minimum Gasteiger partial charge on any atom is -0.475 e. The van der Waals surface area contributed by atoms with Crippen molar-refractivity contribution in [2.75, 3.05) is 5.75 Å². The number of para-hydroxylation sites is 1. The molecule has 0 N–H and O–H groups in total. The van der Waals surface area contributed by atoms with Gasteiger partial charge in [0.05, 0.1) is 5.56 Å². The van der Waals surface area contributed by atoms with Crippen molar-refractivity contribution in [1.82, 2.24) is 0 Å². The molecule has 2 rings (SSSR count). The Balaban J connectivity index is 2.34. The number of hydrogen-bond donors (Lipinski definition) is 0. The van der Waals surface area contributed by atoms with E-state index in [0.29, 0.717) is 11.3 Å². The van der Waals surface area contributed by atoms with Crippen molar-refractivity contribution >= 4 is 35.5 Å². The highest BCUT2D eigenvalue weighted by Crippen LogP contribution is 2.35. The summed E-state index contributed by atoms with van der Waals surface area (Å²) in [6.45, 7) is 5.07. The van der Waals surface area contributed by atoms with Gasteiger partial charge in [-0.2, -0.15) is 0 Å². The van der Waals surface area contributed by atoms with Crippen molar-refractivity contribution in [1.29, 1.82) is 0 Å². The maximum Gasteiger partial charge on any atom is 0.303 e. The normalized spacial score (nSPS) is 24.0. The van der Waals surface area contributed by atoms with Crippen LogP contribution in [0.5, 0.6) is 5.75 Å². The maximum atomic E-state index is 11.9. The van der Waals surface area contributed by atoms with Gasteiger partial charge in [0.1, 0.15) is 5.75 Å². The lowest BCUT2D eigenvalue weighted by molar-refractivity contribution is -0.186. The molecule has 8 nitrogen and oxygen atoms in total. The molecule has 1 aliphatic heterocycles. The monoisotopic (exact) mass is 410 g/mol. The first kappa shape index (κ1) is 21.7. The molecule has 28 heavy (non-hydrogen) atoms. The lowest BCUT2D eigenvalue weighted by Gasteiger charge is -2.40. The molecule has 0 aliphatic carbocycles. The summed E-state index contributed by atoms with van der Waals surface area (Å²) in [5, 5.41) is 0. The summed E-state index contributed by atoms with van der Waals surface area (Å²) in [4.78, 5) is 46.5. The van der Waals surface area contributed by atoms with Crippen molar-refractivity contribution in [2.24, 2.45) is 0 Å². The molecule has 0 amide bonds. The van der Waals surface area contributed by atoms with Crippen molar-refractivity contribution in [3.8, 4) is 5.75 Å². The highest BCUT2D eigenvalue weighted by molar-refractivity contribution is 7.99. The van der Waals surface area contributed by atoms with Gasteiger partial charge in [0.15, 0.2) is 29.5 Å². The predicted octanol–water partition coefficient (Wildman–Crippen LogP) is 2.14. The van der Waals surface area contributed by atoms with Gasteiger partial charge in [0.25, 0.3) is 0 Å². The second-order valence-corrected chi connectivity index (χ2v) is 7.30. The molecule has 152 valence electrons. The third kappa shape index (κ3) is 5.72. The molecule has 0 radical (unpaired) electrons. The molecular weight excluding hydrogens is 388 g/mol. The van der Waals surface area contributed by atoms with Gasteiger partial charge < -0.3 is 18.9 Å². The number of benzene rings is 1. The van der Waals surface area contributed by atoms with Crippen LogP contribution in [-0.2, 0) is 28.6 Å². The molecule has 0 spiro atoms. The van der Waals surface area contributed by atoms with Gasteiger partial charge in [-0.1, -0.05) is 12.1 Å². The van der Waals surface area contributed by atoms with E-state index in [1.165, 1.54) is 39.5 Å². The van der Waals surface area contributed by atoms with Crippen molar-refractivity contribution in [2.45, 2.75) is 51.4 Å². The lowest BCUT2D eigenvalue weighted by Crippen LogP contribution is -2.55. The average molecular weight is 410 g/mol. The van der Waals surface area contributed by atoms with E-state index < -0.39 is 41.7 Å². The van der Waals surface area contributed by atoms with Crippen LogP contribution >= 0.6 is 11.8 Å². The van der Waals surface area contributed by atoms with Crippen LogP contribution < -0.4 is 4.74 Å². The Kier molecular flexibility index (Phi) is 7.45. The van der Waals surface area contributed by atoms with Crippen molar-refractivity contribution in [3.05, 3.63) is 29.8 Å². The summed E-state index contributed by atoms with van der Waals surface area (Å²) in [5.41, 5.74) is -0.406. The molecule has 0 unspecified atom stereocenters. The molecule has 0 aromatic heterocycles. The standard InChI is InChI=1S/C19H22O8S/c1-10(20)14-7-5-6-8-15(14)27-19-18(26-13(4)23)17(25-12(3)22)16(9-28-19)24-11(2)21/h5-8,16-19H,9H2,1-4H3/t16-,17+,18-,19-/m1/s1. The van der Waals surface area contributed by atoms with E-state index in [1.54, 1.807) is 24.3 Å². The largest absolute Gasteiger partial charge is 0.475 e. The van der Waals surface area contributed by atoms with Gasteiger partial charge in [-0.25, -0.2) is 0 Å². The first-order valence-corrected chi connectivity index (χ1v) is 9.63. The van der Waals surface area contributed by atoms with E-state index in [2.05, 4.69) is 0 Å². The summed E-state index contributed by atoms with van der Waals surface area (Å²) in [5.74, 6) is -1.39. The lowest BCUT2D eigenvalue weighted by atomic mass is 10.1. The van der Waals surface area contributed by atoms with Crippen LogP contribution in [0.4, 0.5) is 0 Å². The van der Waals surface area contributed by atoms with Crippen LogP contribution in [0, 0.1) is 0 Å². The maximum absolute atomic E-state index is 11.9. The second-order valence-electron chi connectivity index (χ2n) is 6.17. The molecule has 1 saturated heterocycles. The van der Waals surface area contributed by atoms with Crippen LogP contribution in [0.1, 0.15) is 38.1 Å². The molecule has 0 saturated carbocycles. The molecule has 1 fully saturated rings. The van der Waals surface area contributed by atoms with Gasteiger partial charge in [0.2, 0.25) is 0 Å². The molecule has 1 aromatic carbocycles. The highest BCUT2D eigenvalue weighted by atomic mass is 32.2. The Morgan fingerprint density at radius 2 is 1.43 bits per heavy atom. The quantitative estimate of drug-likeness (QED) is 0.396. The fourth-order valence-corrected chi connectivity index (χ4v) is 4.00. The van der Waals surface area contributed by atoms with E-state index >= 15 is 0 Å². The number of ether oxygens (including phenoxy) is 4. The molecule has 1 heterocycles. The zero-order valence-electron chi connectivity index (χ0n) is 16.0. The minimum absolute atomic E-state index is 0.185. The van der Waals surface area contributed by atoms with Gasteiger partial charge in [-0.15, -0.1) is 11.8 Å². The minimum atomic E-state index is -1.04. The van der Waals surface area contributed by atoms with E-state index in [4.69, 9.17) is 18.9 Å². The number of carbonyl (C=O) groups is 4. The predicted molar refractivity (Wildman–Crippen MR) is 100.0 cm³/mol. The fourth-order valence-electron chi connectivity index (χ4n) is 2.80. The second kappa shape index (κ2) is 9.59. The Hall–Kier alpha value is -2.55. The van der Waals surface area contributed by atoms with Crippen molar-refractivity contribution in [3.63, 3.8) is 0 Å². The number of thioether (sulfide) groups is 1. The Bertz CT molecular complexity index is 762. The summed E-state index contributed by atoms with van der Waals surface area (Å²) in [6.07, 6.45) is -2.88. The average Bonchev–Trinajstić information content (AvgIpc) is 2.59. The van der Waals surface area contributed by atoms with Crippen LogP contribution in [0.15, 0.2) is 24.3 Å². The van der Waals surface area contributed by atoms with E-state index in [-0.39, 0.29) is 11.5 Å². The number of hydrogen-bond acceptors (Lipinski definition) is 9. The molecule has 0 bridgehead atoms. The van der Waals surface area contributed by atoms with Crippen LogP contribution in [0.2, 0.25) is 0 Å². The first-order valence-electron chi connectivity index (χ1n) is 8.59. The zero-order valence-corrected chi connectivity index (χ0v) is 16.8. The Morgan fingerprint density at radius 1 is 0.857 bits per heavy atom. The van der Waals surface area contributed by atoms with Crippen LogP contribution in [0.3, 0.4) is 0 Å². The zero-order chi connectivity index (χ0) is 20.8.